The van der Waals surface area contributed by atoms with Crippen LogP contribution in [0, 0.1) is 6.92 Å². The maximum atomic E-state index is 11.2. The zero-order valence-electron chi connectivity index (χ0n) is 9.07. The molecule has 2 aromatic heterocycles. The summed E-state index contributed by atoms with van der Waals surface area (Å²) in [6, 6.07) is 0. The number of aromatic amines is 1. The molecule has 0 atom stereocenters. The molecule has 2 N–H and O–H groups in total. The number of anilines is 1. The van der Waals surface area contributed by atoms with E-state index in [1.54, 1.807) is 12.4 Å². The topological polar surface area (TPSA) is 83.6 Å². The Bertz CT molecular complexity index is 566. The van der Waals surface area contributed by atoms with Gasteiger partial charge in [0.15, 0.2) is 0 Å². The molecule has 88 valence electrons. The number of hydrogen-bond acceptors (Lipinski definition) is 5. The van der Waals surface area contributed by atoms with E-state index in [4.69, 9.17) is 11.6 Å². The van der Waals surface area contributed by atoms with Gasteiger partial charge in [-0.15, -0.1) is 0 Å². The van der Waals surface area contributed by atoms with Crippen LogP contribution in [-0.4, -0.2) is 20.2 Å². The predicted octanol–water partition coefficient (Wildman–Crippen LogP) is 1.13. The van der Waals surface area contributed by atoms with Crippen molar-refractivity contribution >= 4 is 17.3 Å². The second-order valence-corrected chi connectivity index (χ2v) is 3.81. The third-order valence-electron chi connectivity index (χ3n) is 2.09. The molecule has 0 saturated heterocycles. The molecule has 2 aromatic rings. The first-order chi connectivity index (χ1) is 8.16. The zero-order chi connectivity index (χ0) is 12.3. The molecule has 0 aliphatic carbocycles. The Morgan fingerprint density at radius 1 is 1.35 bits per heavy atom. The summed E-state index contributed by atoms with van der Waals surface area (Å²) in [5.74, 6) is 0. The lowest BCUT2D eigenvalue weighted by Gasteiger charge is -2.06. The summed E-state index contributed by atoms with van der Waals surface area (Å²) in [5.41, 5.74) is 1.65. The van der Waals surface area contributed by atoms with E-state index in [1.807, 2.05) is 6.92 Å². The van der Waals surface area contributed by atoms with Crippen molar-refractivity contribution in [1.82, 2.24) is 20.2 Å². The van der Waals surface area contributed by atoms with Crippen LogP contribution in [0.15, 0.2) is 23.4 Å². The minimum absolute atomic E-state index is 0.0834. The van der Waals surface area contributed by atoms with E-state index >= 15 is 0 Å². The Kier molecular flexibility index (Phi) is 3.34. The Hall–Kier alpha value is -1.95. The molecule has 0 aliphatic heterocycles. The number of aromatic nitrogens is 4. The second-order valence-electron chi connectivity index (χ2n) is 3.43. The van der Waals surface area contributed by atoms with Gasteiger partial charge in [0.2, 0.25) is 0 Å². The largest absolute Gasteiger partial charge is 0.377 e. The van der Waals surface area contributed by atoms with Crippen molar-refractivity contribution in [3.8, 4) is 0 Å². The highest BCUT2D eigenvalue weighted by atomic mass is 35.5. The third kappa shape index (κ3) is 2.79. The summed E-state index contributed by atoms with van der Waals surface area (Å²) >= 11 is 5.80. The van der Waals surface area contributed by atoms with Crippen LogP contribution in [0.3, 0.4) is 0 Å². The third-order valence-corrected chi connectivity index (χ3v) is 2.47. The molecule has 2 rings (SSSR count). The summed E-state index contributed by atoms with van der Waals surface area (Å²) in [4.78, 5) is 19.5. The van der Waals surface area contributed by atoms with Crippen LogP contribution in [0.4, 0.5) is 5.69 Å². The molecule has 0 bridgehead atoms. The highest BCUT2D eigenvalue weighted by Gasteiger charge is 2.04. The number of rotatable bonds is 3. The van der Waals surface area contributed by atoms with Crippen LogP contribution in [0.1, 0.15) is 11.4 Å². The number of nitrogens with zero attached hydrogens (tertiary/aromatic N) is 3. The first-order valence-electron chi connectivity index (χ1n) is 4.91. The minimum Gasteiger partial charge on any atom is -0.377 e. The predicted molar refractivity (Wildman–Crippen MR) is 64.0 cm³/mol. The van der Waals surface area contributed by atoms with E-state index in [9.17, 15) is 4.79 Å². The van der Waals surface area contributed by atoms with Gasteiger partial charge in [0.25, 0.3) is 5.56 Å². The molecule has 0 spiro atoms. The molecule has 6 nitrogen and oxygen atoms in total. The van der Waals surface area contributed by atoms with Gasteiger partial charge in [-0.25, -0.2) is 5.10 Å². The SMILES string of the molecule is Cc1cnc(CNc2cn[nH]c(=O)c2Cl)cn1. The lowest BCUT2D eigenvalue weighted by Crippen LogP contribution is -2.12. The maximum Gasteiger partial charge on any atom is 0.285 e. The molecular formula is C10H10ClN5O. The van der Waals surface area contributed by atoms with Gasteiger partial charge >= 0.3 is 0 Å². The first-order valence-corrected chi connectivity index (χ1v) is 5.29. The van der Waals surface area contributed by atoms with E-state index in [2.05, 4.69) is 25.5 Å². The van der Waals surface area contributed by atoms with E-state index in [0.29, 0.717) is 12.2 Å². The Morgan fingerprint density at radius 3 is 2.88 bits per heavy atom. The average Bonchev–Trinajstić information content (AvgIpc) is 2.33. The molecule has 2 heterocycles. The Balaban J connectivity index is 2.10. The summed E-state index contributed by atoms with van der Waals surface area (Å²) in [7, 11) is 0. The summed E-state index contributed by atoms with van der Waals surface area (Å²) in [5, 5.41) is 8.95. The fourth-order valence-electron chi connectivity index (χ4n) is 1.20. The lowest BCUT2D eigenvalue weighted by molar-refractivity contribution is 0.959. The standard InChI is InChI=1S/C10H10ClN5O/c1-6-2-13-7(3-12-6)4-14-8-5-15-16-10(17)9(8)11/h2-3,5H,4H2,1H3,(H2,14,16,17). The quantitative estimate of drug-likeness (QED) is 0.855. The highest BCUT2D eigenvalue weighted by Crippen LogP contribution is 2.14. The normalized spacial score (nSPS) is 10.2. The molecule has 0 radical (unpaired) electrons. The van der Waals surface area contributed by atoms with Crippen LogP contribution in [-0.2, 0) is 6.54 Å². The molecule has 0 fully saturated rings. The molecule has 0 aromatic carbocycles. The zero-order valence-corrected chi connectivity index (χ0v) is 9.82. The molecule has 0 amide bonds. The van der Waals surface area contributed by atoms with Crippen LogP contribution >= 0.6 is 11.6 Å². The average molecular weight is 252 g/mol. The lowest BCUT2D eigenvalue weighted by atomic mass is 10.4. The van der Waals surface area contributed by atoms with Gasteiger partial charge in [-0.05, 0) is 6.92 Å². The van der Waals surface area contributed by atoms with E-state index in [-0.39, 0.29) is 5.02 Å². The van der Waals surface area contributed by atoms with Crippen molar-refractivity contribution in [2.75, 3.05) is 5.32 Å². The van der Waals surface area contributed by atoms with Crippen LogP contribution in [0.2, 0.25) is 5.02 Å². The van der Waals surface area contributed by atoms with Gasteiger partial charge < -0.3 is 5.32 Å². The van der Waals surface area contributed by atoms with Gasteiger partial charge in [0.05, 0.1) is 36.0 Å². The van der Waals surface area contributed by atoms with Crippen molar-refractivity contribution in [2.24, 2.45) is 0 Å². The number of halogens is 1. The van der Waals surface area contributed by atoms with Gasteiger partial charge in [0, 0.05) is 6.20 Å². The minimum atomic E-state index is -0.424. The van der Waals surface area contributed by atoms with E-state index in [1.165, 1.54) is 6.20 Å². The van der Waals surface area contributed by atoms with Crippen molar-refractivity contribution in [3.63, 3.8) is 0 Å². The molecule has 17 heavy (non-hydrogen) atoms. The number of hydrogen-bond donors (Lipinski definition) is 2. The summed E-state index contributed by atoms with van der Waals surface area (Å²) in [6.07, 6.45) is 4.79. The number of aryl methyl sites for hydroxylation is 1. The number of nitrogens with one attached hydrogen (secondary N) is 2. The van der Waals surface area contributed by atoms with Crippen molar-refractivity contribution < 1.29 is 0 Å². The summed E-state index contributed by atoms with van der Waals surface area (Å²) in [6.45, 7) is 2.29. The van der Waals surface area contributed by atoms with E-state index < -0.39 is 5.56 Å². The maximum absolute atomic E-state index is 11.2. The fourth-order valence-corrected chi connectivity index (χ4v) is 1.36. The van der Waals surface area contributed by atoms with Crippen LogP contribution in [0.25, 0.3) is 0 Å². The van der Waals surface area contributed by atoms with Gasteiger partial charge in [-0.2, -0.15) is 5.10 Å². The van der Waals surface area contributed by atoms with Gasteiger partial charge in [-0.3, -0.25) is 14.8 Å². The summed E-state index contributed by atoms with van der Waals surface area (Å²) < 4.78 is 0. The first kappa shape index (κ1) is 11.5. The monoisotopic (exact) mass is 251 g/mol. The molecule has 0 saturated carbocycles. The smallest absolute Gasteiger partial charge is 0.285 e. The van der Waals surface area contributed by atoms with Crippen LogP contribution in [0.5, 0.6) is 0 Å². The highest BCUT2D eigenvalue weighted by molar-refractivity contribution is 6.32. The van der Waals surface area contributed by atoms with Crippen molar-refractivity contribution in [2.45, 2.75) is 13.5 Å². The molecule has 7 heteroatoms. The Morgan fingerprint density at radius 2 is 2.18 bits per heavy atom. The van der Waals surface area contributed by atoms with Gasteiger partial charge in [-0.1, -0.05) is 11.6 Å². The molecular weight excluding hydrogens is 242 g/mol. The van der Waals surface area contributed by atoms with Gasteiger partial charge in [0.1, 0.15) is 5.02 Å². The molecule has 0 unspecified atom stereocenters. The van der Waals surface area contributed by atoms with E-state index in [0.717, 1.165) is 11.4 Å². The second kappa shape index (κ2) is 4.92. The molecule has 0 aliphatic rings. The Labute approximate surface area is 102 Å². The fraction of sp³-hybridized carbons (Fsp3) is 0.200. The van der Waals surface area contributed by atoms with Crippen LogP contribution < -0.4 is 10.9 Å². The number of H-pyrrole nitrogens is 1. The van der Waals surface area contributed by atoms with Crippen molar-refractivity contribution in [1.29, 1.82) is 0 Å². The van der Waals surface area contributed by atoms with Crippen molar-refractivity contribution in [3.05, 3.63) is 45.4 Å².